The number of hydrogen-bond acceptors (Lipinski definition) is 3. The summed E-state index contributed by atoms with van der Waals surface area (Å²) in [5, 5.41) is 12.8. The van der Waals surface area contributed by atoms with Gasteiger partial charge in [-0.1, -0.05) is 13.8 Å². The quantitative estimate of drug-likeness (QED) is 0.735. The van der Waals surface area contributed by atoms with E-state index in [1.165, 1.54) is 6.42 Å². The lowest BCUT2D eigenvalue weighted by molar-refractivity contribution is 0.106. The molecule has 0 aliphatic carbocycles. The molecule has 1 rings (SSSR count). The Labute approximate surface area is 93.9 Å². The summed E-state index contributed by atoms with van der Waals surface area (Å²) in [6.07, 6.45) is 2.19. The maximum Gasteiger partial charge on any atom is 0.0584 e. The Bertz CT molecular complexity index is 182. The van der Waals surface area contributed by atoms with Gasteiger partial charge in [-0.25, -0.2) is 0 Å². The molecular formula is C12H26N2O. The second kappa shape index (κ2) is 5.83. The van der Waals surface area contributed by atoms with Crippen molar-refractivity contribution in [1.29, 1.82) is 0 Å². The van der Waals surface area contributed by atoms with E-state index in [1.54, 1.807) is 0 Å². The molecule has 0 spiro atoms. The van der Waals surface area contributed by atoms with Crippen molar-refractivity contribution in [3.05, 3.63) is 0 Å². The molecule has 0 aromatic carbocycles. The highest BCUT2D eigenvalue weighted by Gasteiger charge is 2.29. The third-order valence-electron chi connectivity index (χ3n) is 3.77. The topological polar surface area (TPSA) is 35.5 Å². The highest BCUT2D eigenvalue weighted by molar-refractivity contribution is 4.87. The van der Waals surface area contributed by atoms with Gasteiger partial charge < -0.3 is 15.3 Å². The smallest absolute Gasteiger partial charge is 0.0584 e. The van der Waals surface area contributed by atoms with Crippen molar-refractivity contribution in [3.8, 4) is 0 Å². The minimum absolute atomic E-state index is 0.254. The van der Waals surface area contributed by atoms with Crippen molar-refractivity contribution in [2.75, 3.05) is 20.2 Å². The maximum atomic E-state index is 9.19. The van der Waals surface area contributed by atoms with Crippen molar-refractivity contribution in [2.45, 2.75) is 51.7 Å². The zero-order chi connectivity index (χ0) is 11.4. The van der Waals surface area contributed by atoms with E-state index in [2.05, 4.69) is 38.0 Å². The van der Waals surface area contributed by atoms with E-state index in [0.717, 1.165) is 13.0 Å². The molecular weight excluding hydrogens is 188 g/mol. The average molecular weight is 214 g/mol. The summed E-state index contributed by atoms with van der Waals surface area (Å²) >= 11 is 0. The number of nitrogens with one attached hydrogen (secondary N) is 1. The number of likely N-dealkylation sites (tertiary alicyclic amines) is 1. The van der Waals surface area contributed by atoms with Crippen LogP contribution in [0.3, 0.4) is 0 Å². The van der Waals surface area contributed by atoms with Crippen molar-refractivity contribution in [3.63, 3.8) is 0 Å². The van der Waals surface area contributed by atoms with E-state index in [4.69, 9.17) is 0 Å². The summed E-state index contributed by atoms with van der Waals surface area (Å²) in [6, 6.07) is 1.48. The normalized spacial score (nSPS) is 35.4. The number of piperidine rings is 1. The molecule has 1 heterocycles. The third-order valence-corrected chi connectivity index (χ3v) is 3.77. The Morgan fingerprint density at radius 2 is 2.13 bits per heavy atom. The summed E-state index contributed by atoms with van der Waals surface area (Å²) in [6.45, 7) is 8.10. The first-order valence-corrected chi connectivity index (χ1v) is 6.15. The molecule has 1 aliphatic rings. The summed E-state index contributed by atoms with van der Waals surface area (Å²) in [4.78, 5) is 2.42. The molecule has 4 atom stereocenters. The van der Waals surface area contributed by atoms with Gasteiger partial charge in [0.05, 0.1) is 6.61 Å². The second-order valence-electron chi connectivity index (χ2n) is 5.06. The van der Waals surface area contributed by atoms with Crippen LogP contribution < -0.4 is 5.32 Å². The highest BCUT2D eigenvalue weighted by Crippen LogP contribution is 2.21. The Balaban J connectivity index is 2.47. The van der Waals surface area contributed by atoms with Gasteiger partial charge in [0.2, 0.25) is 0 Å². The van der Waals surface area contributed by atoms with Gasteiger partial charge >= 0.3 is 0 Å². The lowest BCUT2D eigenvalue weighted by atomic mass is 9.89. The fraction of sp³-hybridized carbons (Fsp3) is 1.00. The SMILES string of the molecule is CC[C@@H](CO)N[C@H]1C[C@H](C)N(C)C[C@@H]1C. The van der Waals surface area contributed by atoms with E-state index < -0.39 is 0 Å². The van der Waals surface area contributed by atoms with E-state index in [-0.39, 0.29) is 12.6 Å². The molecule has 1 saturated heterocycles. The van der Waals surface area contributed by atoms with Gasteiger partial charge in [-0.2, -0.15) is 0 Å². The number of rotatable bonds is 4. The Morgan fingerprint density at radius 1 is 1.47 bits per heavy atom. The molecule has 0 radical (unpaired) electrons. The Hall–Kier alpha value is -0.120. The van der Waals surface area contributed by atoms with E-state index in [1.807, 2.05) is 0 Å². The molecule has 3 heteroatoms. The van der Waals surface area contributed by atoms with Crippen LogP contribution in [-0.2, 0) is 0 Å². The van der Waals surface area contributed by atoms with Gasteiger partial charge in [0.1, 0.15) is 0 Å². The van der Waals surface area contributed by atoms with Gasteiger partial charge in [-0.05, 0) is 32.7 Å². The van der Waals surface area contributed by atoms with Gasteiger partial charge in [-0.3, -0.25) is 0 Å². The summed E-state index contributed by atoms with van der Waals surface area (Å²) in [7, 11) is 2.20. The number of aliphatic hydroxyl groups excluding tert-OH is 1. The minimum Gasteiger partial charge on any atom is -0.395 e. The molecule has 0 aromatic rings. The van der Waals surface area contributed by atoms with Crippen LogP contribution in [0.15, 0.2) is 0 Å². The first kappa shape index (κ1) is 12.9. The van der Waals surface area contributed by atoms with Crippen molar-refractivity contribution >= 4 is 0 Å². The van der Waals surface area contributed by atoms with Crippen LogP contribution in [0.25, 0.3) is 0 Å². The fourth-order valence-corrected chi connectivity index (χ4v) is 2.38. The first-order chi connectivity index (χ1) is 7.08. The van der Waals surface area contributed by atoms with E-state index in [0.29, 0.717) is 18.0 Å². The summed E-state index contributed by atoms with van der Waals surface area (Å²) in [5.74, 6) is 0.673. The van der Waals surface area contributed by atoms with Crippen molar-refractivity contribution in [1.82, 2.24) is 10.2 Å². The van der Waals surface area contributed by atoms with Gasteiger partial charge in [0.25, 0.3) is 0 Å². The monoisotopic (exact) mass is 214 g/mol. The standard InChI is InChI=1S/C12H26N2O/c1-5-11(8-15)13-12-6-10(3)14(4)7-9(12)2/h9-13,15H,5-8H2,1-4H3/t9-,10-,11-,12-/m0/s1. The van der Waals surface area contributed by atoms with Gasteiger partial charge in [0, 0.05) is 24.7 Å². The van der Waals surface area contributed by atoms with E-state index >= 15 is 0 Å². The van der Waals surface area contributed by atoms with Crippen LogP contribution in [-0.4, -0.2) is 48.3 Å². The second-order valence-corrected chi connectivity index (χ2v) is 5.06. The molecule has 0 bridgehead atoms. The van der Waals surface area contributed by atoms with Gasteiger partial charge in [0.15, 0.2) is 0 Å². The number of aliphatic hydroxyl groups is 1. The third kappa shape index (κ3) is 3.44. The predicted octanol–water partition coefficient (Wildman–Crippen LogP) is 1.08. The van der Waals surface area contributed by atoms with Crippen LogP contribution >= 0.6 is 0 Å². The van der Waals surface area contributed by atoms with Crippen LogP contribution in [0.5, 0.6) is 0 Å². The van der Waals surface area contributed by atoms with Crippen molar-refractivity contribution < 1.29 is 5.11 Å². The van der Waals surface area contributed by atoms with Crippen LogP contribution in [0.4, 0.5) is 0 Å². The Kier molecular flexibility index (Phi) is 5.03. The molecule has 0 unspecified atom stereocenters. The molecule has 2 N–H and O–H groups in total. The lowest BCUT2D eigenvalue weighted by Crippen LogP contribution is -2.53. The molecule has 1 fully saturated rings. The predicted molar refractivity (Wildman–Crippen MR) is 64.0 cm³/mol. The molecule has 0 amide bonds. The largest absolute Gasteiger partial charge is 0.395 e. The first-order valence-electron chi connectivity index (χ1n) is 6.15. The van der Waals surface area contributed by atoms with E-state index in [9.17, 15) is 5.11 Å². The molecule has 0 saturated carbocycles. The molecule has 1 aliphatic heterocycles. The molecule has 15 heavy (non-hydrogen) atoms. The van der Waals surface area contributed by atoms with Crippen LogP contribution in [0, 0.1) is 5.92 Å². The summed E-state index contributed by atoms with van der Waals surface area (Å²) in [5.41, 5.74) is 0. The molecule has 3 nitrogen and oxygen atoms in total. The number of hydrogen-bond donors (Lipinski definition) is 2. The fourth-order valence-electron chi connectivity index (χ4n) is 2.38. The lowest BCUT2D eigenvalue weighted by Gasteiger charge is -2.41. The zero-order valence-corrected chi connectivity index (χ0v) is 10.5. The van der Waals surface area contributed by atoms with Gasteiger partial charge in [-0.15, -0.1) is 0 Å². The van der Waals surface area contributed by atoms with Crippen molar-refractivity contribution in [2.24, 2.45) is 5.92 Å². The molecule has 90 valence electrons. The Morgan fingerprint density at radius 3 is 2.67 bits per heavy atom. The average Bonchev–Trinajstić information content (AvgIpc) is 2.21. The number of nitrogens with zero attached hydrogens (tertiary/aromatic N) is 1. The maximum absolute atomic E-state index is 9.19. The zero-order valence-electron chi connectivity index (χ0n) is 10.5. The highest BCUT2D eigenvalue weighted by atomic mass is 16.3. The molecule has 0 aromatic heterocycles. The van der Waals surface area contributed by atoms with Crippen LogP contribution in [0.1, 0.15) is 33.6 Å². The summed E-state index contributed by atoms with van der Waals surface area (Å²) < 4.78 is 0. The minimum atomic E-state index is 0.254. The van der Waals surface area contributed by atoms with Crippen LogP contribution in [0.2, 0.25) is 0 Å².